The monoisotopic (exact) mass is 466 g/mol. The van der Waals surface area contributed by atoms with Crippen molar-refractivity contribution in [2.75, 3.05) is 23.3 Å². The molecule has 5 rings (SSSR count). The number of thiophene rings is 1. The Morgan fingerprint density at radius 3 is 2.62 bits per heavy atom. The van der Waals surface area contributed by atoms with Gasteiger partial charge < -0.3 is 19.9 Å². The molecule has 1 aliphatic rings. The molecule has 3 aromatic heterocycles. The molecule has 2 N–H and O–H groups in total. The molecule has 0 bridgehead atoms. The Balaban J connectivity index is 1.31. The van der Waals surface area contributed by atoms with Gasteiger partial charge in [-0.2, -0.15) is 0 Å². The highest BCUT2D eigenvalue weighted by molar-refractivity contribution is 7.18. The van der Waals surface area contributed by atoms with E-state index in [-0.39, 0.29) is 11.8 Å². The van der Waals surface area contributed by atoms with E-state index in [0.717, 1.165) is 43.2 Å². The topological polar surface area (TPSA) is 70.4 Å². The molecule has 1 saturated heterocycles. The summed E-state index contributed by atoms with van der Waals surface area (Å²) in [6, 6.07) is 13.1. The van der Waals surface area contributed by atoms with Gasteiger partial charge in [-0.15, -0.1) is 11.3 Å². The van der Waals surface area contributed by atoms with E-state index >= 15 is 0 Å². The predicted molar refractivity (Wildman–Crippen MR) is 130 cm³/mol. The fraction of sp³-hybridized carbons (Fsp3) is 0.250. The van der Waals surface area contributed by atoms with E-state index in [9.17, 15) is 9.90 Å². The number of aromatic nitrogens is 2. The van der Waals surface area contributed by atoms with Gasteiger partial charge in [-0.25, -0.2) is 0 Å². The number of aromatic hydroxyl groups is 1. The van der Waals surface area contributed by atoms with Crippen molar-refractivity contribution in [2.24, 2.45) is 5.92 Å². The number of piperidine rings is 1. The van der Waals surface area contributed by atoms with Gasteiger partial charge in [0.2, 0.25) is 0 Å². The normalized spacial score (nSPS) is 14.7. The maximum atomic E-state index is 12.6. The van der Waals surface area contributed by atoms with Gasteiger partial charge in [0.25, 0.3) is 5.91 Å². The number of rotatable bonds is 5. The van der Waals surface area contributed by atoms with Gasteiger partial charge in [-0.3, -0.25) is 9.78 Å². The summed E-state index contributed by atoms with van der Waals surface area (Å²) in [5.41, 5.74) is 1.89. The quantitative estimate of drug-likeness (QED) is 0.400. The first-order valence-corrected chi connectivity index (χ1v) is 11.8. The van der Waals surface area contributed by atoms with Crippen molar-refractivity contribution in [3.05, 3.63) is 70.3 Å². The number of hydrogen-bond acceptors (Lipinski definition) is 5. The molecular formula is C24H23ClN4O2S. The molecule has 0 atom stereocenters. The Bertz CT molecular complexity index is 1250. The summed E-state index contributed by atoms with van der Waals surface area (Å²) in [7, 11) is 0. The molecule has 32 heavy (non-hydrogen) atoms. The average molecular weight is 467 g/mol. The first-order valence-electron chi connectivity index (χ1n) is 10.6. The number of benzene rings is 1. The van der Waals surface area contributed by atoms with Crippen LogP contribution in [0.4, 0.5) is 11.4 Å². The molecule has 1 amide bonds. The van der Waals surface area contributed by atoms with Gasteiger partial charge in [0.15, 0.2) is 5.88 Å². The Morgan fingerprint density at radius 1 is 1.12 bits per heavy atom. The van der Waals surface area contributed by atoms with Crippen molar-refractivity contribution in [2.45, 2.75) is 19.4 Å². The predicted octanol–water partition coefficient (Wildman–Crippen LogP) is 5.63. The van der Waals surface area contributed by atoms with E-state index in [1.807, 2.05) is 53.5 Å². The van der Waals surface area contributed by atoms with Crippen LogP contribution >= 0.6 is 22.9 Å². The van der Waals surface area contributed by atoms with Crippen LogP contribution in [0.15, 0.2) is 61.1 Å². The molecule has 1 aromatic carbocycles. The number of pyridine rings is 1. The lowest BCUT2D eigenvalue weighted by Crippen LogP contribution is -2.34. The Morgan fingerprint density at radius 2 is 1.91 bits per heavy atom. The molecule has 4 heterocycles. The van der Waals surface area contributed by atoms with Crippen LogP contribution in [0.25, 0.3) is 10.8 Å². The van der Waals surface area contributed by atoms with E-state index in [2.05, 4.69) is 15.2 Å². The van der Waals surface area contributed by atoms with Crippen molar-refractivity contribution in [1.29, 1.82) is 0 Å². The third kappa shape index (κ3) is 4.18. The first kappa shape index (κ1) is 20.8. The van der Waals surface area contributed by atoms with Gasteiger partial charge >= 0.3 is 0 Å². The molecule has 8 heteroatoms. The minimum atomic E-state index is -0.204. The number of carbonyl (C=O) groups is 1. The Kier molecular flexibility index (Phi) is 5.76. The number of nitrogens with zero attached hydrogens (tertiary/aromatic N) is 3. The molecule has 1 fully saturated rings. The van der Waals surface area contributed by atoms with Gasteiger partial charge in [0.05, 0.1) is 14.9 Å². The number of anilines is 2. The van der Waals surface area contributed by atoms with Gasteiger partial charge in [0, 0.05) is 54.7 Å². The summed E-state index contributed by atoms with van der Waals surface area (Å²) >= 11 is 7.20. The number of halogens is 1. The maximum Gasteiger partial charge on any atom is 0.265 e. The van der Waals surface area contributed by atoms with Crippen molar-refractivity contribution in [1.82, 2.24) is 9.55 Å². The van der Waals surface area contributed by atoms with Gasteiger partial charge in [-0.1, -0.05) is 17.7 Å². The fourth-order valence-corrected chi connectivity index (χ4v) is 5.28. The van der Waals surface area contributed by atoms with Crippen LogP contribution in [0.5, 0.6) is 5.88 Å². The van der Waals surface area contributed by atoms with Crippen LogP contribution < -0.4 is 10.2 Å². The summed E-state index contributed by atoms with van der Waals surface area (Å²) in [5, 5.41) is 15.4. The highest BCUT2D eigenvalue weighted by Crippen LogP contribution is 2.35. The zero-order valence-electron chi connectivity index (χ0n) is 17.4. The third-order valence-corrected chi connectivity index (χ3v) is 7.28. The lowest BCUT2D eigenvalue weighted by atomic mass is 9.96. The molecule has 0 unspecified atom stereocenters. The zero-order chi connectivity index (χ0) is 22.1. The summed E-state index contributed by atoms with van der Waals surface area (Å²) in [6.07, 6.45) is 7.71. The Labute approximate surface area is 195 Å². The maximum absolute atomic E-state index is 12.6. The van der Waals surface area contributed by atoms with Gasteiger partial charge in [-0.05, 0) is 55.2 Å². The number of carbonyl (C=O) groups excluding carboxylic acids is 1. The second-order valence-electron chi connectivity index (χ2n) is 8.07. The van der Waals surface area contributed by atoms with Crippen molar-refractivity contribution in [3.63, 3.8) is 0 Å². The van der Waals surface area contributed by atoms with E-state index in [1.54, 1.807) is 12.1 Å². The highest BCUT2D eigenvalue weighted by Gasteiger charge is 2.22. The smallest absolute Gasteiger partial charge is 0.265 e. The van der Waals surface area contributed by atoms with Crippen LogP contribution in [-0.4, -0.2) is 33.7 Å². The van der Waals surface area contributed by atoms with E-state index in [4.69, 9.17) is 11.6 Å². The second-order valence-corrected chi connectivity index (χ2v) is 9.78. The second kappa shape index (κ2) is 8.84. The van der Waals surface area contributed by atoms with Gasteiger partial charge in [0.1, 0.15) is 0 Å². The highest BCUT2D eigenvalue weighted by atomic mass is 35.5. The van der Waals surface area contributed by atoms with Crippen molar-refractivity contribution < 1.29 is 9.90 Å². The van der Waals surface area contributed by atoms with Crippen LogP contribution in [0.1, 0.15) is 22.5 Å². The molecule has 0 spiro atoms. The summed E-state index contributed by atoms with van der Waals surface area (Å²) < 4.78 is 2.49. The fourth-order valence-electron chi connectivity index (χ4n) is 4.35. The number of nitrogens with one attached hydrogen (secondary N) is 1. The standard InChI is InChI=1S/C24H23ClN4O2S/c25-22-5-4-21(32-22)23(30)27-20-3-1-2-18-19(20)15-29(24(18)31)14-16-8-12-28(13-9-16)17-6-10-26-11-7-17/h1-7,10-11,15-16,31H,8-9,12-14H2,(H,27,30). The van der Waals surface area contributed by atoms with E-state index in [1.165, 1.54) is 17.0 Å². The third-order valence-electron chi connectivity index (χ3n) is 6.05. The van der Waals surface area contributed by atoms with Crippen LogP contribution in [0, 0.1) is 5.92 Å². The first-order chi connectivity index (χ1) is 15.6. The van der Waals surface area contributed by atoms with Crippen LogP contribution in [0.3, 0.4) is 0 Å². The van der Waals surface area contributed by atoms with Crippen molar-refractivity contribution >= 4 is 51.0 Å². The molecular weight excluding hydrogens is 444 g/mol. The molecule has 6 nitrogen and oxygen atoms in total. The summed E-state index contributed by atoms with van der Waals surface area (Å²) in [4.78, 5) is 19.6. The SMILES string of the molecule is O=C(Nc1cccc2c(O)n(CC3CCN(c4ccncc4)CC3)cc12)c1ccc(Cl)s1. The zero-order valence-corrected chi connectivity index (χ0v) is 18.9. The average Bonchev–Trinajstić information content (AvgIpc) is 3.39. The molecule has 1 aliphatic heterocycles. The molecule has 0 saturated carbocycles. The van der Waals surface area contributed by atoms with E-state index < -0.39 is 0 Å². The van der Waals surface area contributed by atoms with Crippen LogP contribution in [-0.2, 0) is 6.54 Å². The number of fused-ring (bicyclic) bond motifs is 1. The minimum Gasteiger partial charge on any atom is -0.494 e. The van der Waals surface area contributed by atoms with Crippen molar-refractivity contribution in [3.8, 4) is 5.88 Å². The molecule has 0 aliphatic carbocycles. The molecule has 4 aromatic rings. The minimum absolute atomic E-state index is 0.204. The number of amides is 1. The Hall–Kier alpha value is -3.03. The van der Waals surface area contributed by atoms with Crippen LogP contribution in [0.2, 0.25) is 4.34 Å². The number of hydrogen-bond donors (Lipinski definition) is 2. The lowest BCUT2D eigenvalue weighted by Gasteiger charge is -2.33. The molecule has 164 valence electrons. The largest absolute Gasteiger partial charge is 0.494 e. The molecule has 0 radical (unpaired) electrons. The summed E-state index contributed by atoms with van der Waals surface area (Å²) in [6.45, 7) is 2.72. The van der Waals surface area contributed by atoms with E-state index in [0.29, 0.717) is 20.8 Å². The lowest BCUT2D eigenvalue weighted by molar-refractivity contribution is 0.103. The summed E-state index contributed by atoms with van der Waals surface area (Å²) in [5.74, 6) is 0.518.